The van der Waals surface area contributed by atoms with Gasteiger partial charge >= 0.3 is 0 Å². The van der Waals surface area contributed by atoms with E-state index in [0.717, 1.165) is 19.3 Å². The Morgan fingerprint density at radius 2 is 2.45 bits per heavy atom. The third-order valence-electron chi connectivity index (χ3n) is 1.30. The van der Waals surface area contributed by atoms with Crippen LogP contribution in [0.5, 0.6) is 0 Å². The summed E-state index contributed by atoms with van der Waals surface area (Å²) < 4.78 is 0. The zero-order chi connectivity index (χ0) is 8.69. The third-order valence-corrected chi connectivity index (χ3v) is 1.62. The summed E-state index contributed by atoms with van der Waals surface area (Å²) in [6, 6.07) is 0. The lowest BCUT2D eigenvalue weighted by Crippen LogP contribution is -2.28. The lowest BCUT2D eigenvalue weighted by atomic mass is 10.2. The standard InChI is InChI=1S/C8H14ClNO/c1-3-5-6-7(9)10-8(11)4-2/h4,7H,2-3,5-6H2,1H3,(H,10,11). The number of halogens is 1. The second kappa shape index (κ2) is 6.23. The van der Waals surface area contributed by atoms with Gasteiger partial charge in [-0.1, -0.05) is 37.9 Å². The van der Waals surface area contributed by atoms with Crippen LogP contribution in [0.15, 0.2) is 12.7 Å². The Balaban J connectivity index is 3.43. The maximum absolute atomic E-state index is 10.7. The molecule has 0 aliphatic carbocycles. The highest BCUT2D eigenvalue weighted by molar-refractivity contribution is 6.21. The molecule has 0 spiro atoms. The summed E-state index contributed by atoms with van der Waals surface area (Å²) in [5.41, 5.74) is -0.250. The van der Waals surface area contributed by atoms with Crippen molar-refractivity contribution in [1.29, 1.82) is 0 Å². The number of hydrogen-bond acceptors (Lipinski definition) is 1. The minimum atomic E-state index is -0.250. The van der Waals surface area contributed by atoms with E-state index < -0.39 is 0 Å². The molecule has 1 amide bonds. The fourth-order valence-electron chi connectivity index (χ4n) is 0.669. The van der Waals surface area contributed by atoms with E-state index in [1.165, 1.54) is 6.08 Å². The number of hydrogen-bond donors (Lipinski definition) is 1. The zero-order valence-corrected chi connectivity index (χ0v) is 7.53. The van der Waals surface area contributed by atoms with Crippen molar-refractivity contribution < 1.29 is 4.79 Å². The molecule has 1 N–H and O–H groups in total. The molecule has 2 nitrogen and oxygen atoms in total. The molecule has 0 heterocycles. The fourth-order valence-corrected chi connectivity index (χ4v) is 0.931. The summed E-state index contributed by atoms with van der Waals surface area (Å²) >= 11 is 5.75. The first-order valence-electron chi connectivity index (χ1n) is 3.77. The van der Waals surface area contributed by atoms with Gasteiger partial charge in [0.05, 0.1) is 0 Å². The van der Waals surface area contributed by atoms with E-state index in [9.17, 15) is 4.79 Å². The number of unbranched alkanes of at least 4 members (excludes halogenated alkanes) is 1. The monoisotopic (exact) mass is 175 g/mol. The maximum Gasteiger partial charge on any atom is 0.244 e. The average molecular weight is 176 g/mol. The quantitative estimate of drug-likeness (QED) is 0.387. The molecule has 0 aromatic rings. The van der Waals surface area contributed by atoms with Crippen LogP contribution >= 0.6 is 11.6 Å². The molecule has 1 unspecified atom stereocenters. The van der Waals surface area contributed by atoms with E-state index in [4.69, 9.17) is 11.6 Å². The summed E-state index contributed by atoms with van der Waals surface area (Å²) in [7, 11) is 0. The van der Waals surface area contributed by atoms with Crippen LogP contribution in [-0.4, -0.2) is 11.4 Å². The molecule has 1 atom stereocenters. The van der Waals surface area contributed by atoms with Crippen LogP contribution in [0.4, 0.5) is 0 Å². The molecule has 0 aromatic heterocycles. The molecule has 0 aliphatic rings. The molecule has 0 aliphatic heterocycles. The first-order chi connectivity index (χ1) is 5.20. The SMILES string of the molecule is C=CC(=O)NC(Cl)CCCC. The lowest BCUT2D eigenvalue weighted by molar-refractivity contribution is -0.116. The molecule has 64 valence electrons. The van der Waals surface area contributed by atoms with E-state index >= 15 is 0 Å². The number of nitrogens with one attached hydrogen (secondary N) is 1. The first kappa shape index (κ1) is 10.5. The Morgan fingerprint density at radius 1 is 1.82 bits per heavy atom. The number of rotatable bonds is 5. The van der Waals surface area contributed by atoms with Crippen molar-refractivity contribution in [2.75, 3.05) is 0 Å². The van der Waals surface area contributed by atoms with E-state index in [0.29, 0.717) is 0 Å². The Hall–Kier alpha value is -0.500. The van der Waals surface area contributed by atoms with Crippen LogP contribution < -0.4 is 5.32 Å². The lowest BCUT2D eigenvalue weighted by Gasteiger charge is -2.08. The van der Waals surface area contributed by atoms with Crippen LogP contribution in [0, 0.1) is 0 Å². The van der Waals surface area contributed by atoms with Crippen LogP contribution in [-0.2, 0) is 4.79 Å². The van der Waals surface area contributed by atoms with Gasteiger partial charge in [0.15, 0.2) is 0 Å². The molecule has 3 heteroatoms. The topological polar surface area (TPSA) is 29.1 Å². The average Bonchev–Trinajstić information content (AvgIpc) is 2.00. The number of alkyl halides is 1. The first-order valence-corrected chi connectivity index (χ1v) is 4.21. The molecular formula is C8H14ClNO. The van der Waals surface area contributed by atoms with E-state index in [1.807, 2.05) is 0 Å². The van der Waals surface area contributed by atoms with Crippen molar-refractivity contribution in [2.45, 2.75) is 31.7 Å². The molecule has 11 heavy (non-hydrogen) atoms. The molecule has 0 bridgehead atoms. The molecule has 0 radical (unpaired) electrons. The highest BCUT2D eigenvalue weighted by Gasteiger charge is 2.04. The maximum atomic E-state index is 10.7. The van der Waals surface area contributed by atoms with Gasteiger partial charge in [-0.25, -0.2) is 0 Å². The Labute approximate surface area is 72.6 Å². The predicted molar refractivity (Wildman–Crippen MR) is 47.5 cm³/mol. The largest absolute Gasteiger partial charge is 0.336 e. The number of carbonyl (C=O) groups excluding carboxylic acids is 1. The smallest absolute Gasteiger partial charge is 0.244 e. The Morgan fingerprint density at radius 3 is 2.91 bits per heavy atom. The summed E-state index contributed by atoms with van der Waals surface area (Å²) in [6.07, 6.45) is 4.16. The van der Waals surface area contributed by atoms with Gasteiger partial charge in [-0.05, 0) is 12.5 Å². The van der Waals surface area contributed by atoms with Crippen molar-refractivity contribution in [3.63, 3.8) is 0 Å². The number of amides is 1. The molecule has 0 saturated carbocycles. The van der Waals surface area contributed by atoms with Crippen LogP contribution in [0.25, 0.3) is 0 Å². The van der Waals surface area contributed by atoms with E-state index in [1.54, 1.807) is 0 Å². The van der Waals surface area contributed by atoms with Crippen molar-refractivity contribution in [3.05, 3.63) is 12.7 Å². The minimum absolute atomic E-state index is 0.207. The van der Waals surface area contributed by atoms with Gasteiger partial charge in [0.2, 0.25) is 5.91 Å². The van der Waals surface area contributed by atoms with Gasteiger partial charge < -0.3 is 5.32 Å². The minimum Gasteiger partial charge on any atom is -0.336 e. The van der Waals surface area contributed by atoms with Gasteiger partial charge in [-0.3, -0.25) is 4.79 Å². The summed E-state index contributed by atoms with van der Waals surface area (Å²) in [6.45, 7) is 5.41. The van der Waals surface area contributed by atoms with Gasteiger partial charge in [0.25, 0.3) is 0 Å². The normalized spacial score (nSPS) is 12.2. The Kier molecular flexibility index (Phi) is 5.94. The zero-order valence-electron chi connectivity index (χ0n) is 6.77. The van der Waals surface area contributed by atoms with Gasteiger partial charge in [0.1, 0.15) is 5.50 Å². The molecule has 0 aromatic carbocycles. The van der Waals surface area contributed by atoms with E-state index in [2.05, 4.69) is 18.8 Å². The number of carbonyl (C=O) groups is 1. The fraction of sp³-hybridized carbons (Fsp3) is 0.625. The predicted octanol–water partition coefficient (Wildman–Crippen LogP) is 2.04. The Bertz CT molecular complexity index is 136. The summed E-state index contributed by atoms with van der Waals surface area (Å²) in [4.78, 5) is 10.7. The van der Waals surface area contributed by atoms with Crippen molar-refractivity contribution >= 4 is 17.5 Å². The van der Waals surface area contributed by atoms with Crippen molar-refractivity contribution in [3.8, 4) is 0 Å². The molecule has 0 saturated heterocycles. The third kappa shape index (κ3) is 5.92. The molecule has 0 rings (SSSR count). The highest BCUT2D eigenvalue weighted by atomic mass is 35.5. The summed E-state index contributed by atoms with van der Waals surface area (Å²) in [5.74, 6) is -0.207. The second-order valence-electron chi connectivity index (χ2n) is 2.32. The van der Waals surface area contributed by atoms with Crippen LogP contribution in [0.3, 0.4) is 0 Å². The summed E-state index contributed by atoms with van der Waals surface area (Å²) in [5, 5.41) is 2.57. The van der Waals surface area contributed by atoms with Crippen molar-refractivity contribution in [1.82, 2.24) is 5.32 Å². The second-order valence-corrected chi connectivity index (χ2v) is 2.85. The van der Waals surface area contributed by atoms with Gasteiger partial charge in [-0.2, -0.15) is 0 Å². The molecular weight excluding hydrogens is 162 g/mol. The van der Waals surface area contributed by atoms with Gasteiger partial charge in [0, 0.05) is 0 Å². The van der Waals surface area contributed by atoms with E-state index in [-0.39, 0.29) is 11.4 Å². The highest BCUT2D eigenvalue weighted by Crippen LogP contribution is 2.03. The van der Waals surface area contributed by atoms with Crippen molar-refractivity contribution in [2.24, 2.45) is 0 Å². The van der Waals surface area contributed by atoms with Crippen LogP contribution in [0.2, 0.25) is 0 Å². The van der Waals surface area contributed by atoms with Gasteiger partial charge in [-0.15, -0.1) is 0 Å². The molecule has 0 fully saturated rings. The van der Waals surface area contributed by atoms with Crippen LogP contribution in [0.1, 0.15) is 26.2 Å².